The zero-order chi connectivity index (χ0) is 9.26. The minimum absolute atomic E-state index is 0.278. The summed E-state index contributed by atoms with van der Waals surface area (Å²) in [5, 5.41) is 12.1. The molecule has 0 unspecified atom stereocenters. The fourth-order valence-electron chi connectivity index (χ4n) is 2.69. The lowest BCUT2D eigenvalue weighted by Crippen LogP contribution is -2.51. The molecule has 0 radical (unpaired) electrons. The van der Waals surface area contributed by atoms with Crippen LogP contribution in [0.5, 0.6) is 0 Å². The van der Waals surface area contributed by atoms with Crippen LogP contribution >= 0.6 is 0 Å². The second-order valence-electron chi connectivity index (χ2n) is 4.29. The van der Waals surface area contributed by atoms with Crippen LogP contribution in [0.1, 0.15) is 38.5 Å². The molecule has 13 heavy (non-hydrogen) atoms. The molecule has 0 amide bonds. The van der Waals surface area contributed by atoms with E-state index in [9.17, 15) is 4.79 Å². The Labute approximate surface area is 78.5 Å². The average Bonchev–Trinajstić information content (AvgIpc) is 2.17. The molecular weight excluding hydrogens is 166 g/mol. The first kappa shape index (κ1) is 9.00. The molecule has 2 aliphatic rings. The van der Waals surface area contributed by atoms with E-state index in [1.807, 2.05) is 0 Å². The maximum absolute atomic E-state index is 10.8. The Morgan fingerprint density at radius 3 is 2.69 bits per heavy atom. The van der Waals surface area contributed by atoms with Crippen molar-refractivity contribution in [3.63, 3.8) is 0 Å². The summed E-state index contributed by atoms with van der Waals surface area (Å²) in [7, 11) is 0. The molecule has 3 nitrogen and oxygen atoms in total. The summed E-state index contributed by atoms with van der Waals surface area (Å²) < 4.78 is 0. The van der Waals surface area contributed by atoms with Crippen molar-refractivity contribution >= 4 is 5.97 Å². The van der Waals surface area contributed by atoms with E-state index < -0.39 is 5.97 Å². The number of hydrogen-bond donors (Lipinski definition) is 2. The first-order valence-electron chi connectivity index (χ1n) is 5.26. The summed E-state index contributed by atoms with van der Waals surface area (Å²) in [6, 6.07) is 0.211. The maximum atomic E-state index is 10.8. The van der Waals surface area contributed by atoms with Gasteiger partial charge in [0.2, 0.25) is 0 Å². The van der Waals surface area contributed by atoms with Gasteiger partial charge in [-0.15, -0.1) is 0 Å². The SMILES string of the molecule is O=C(O)[C@H]1CC[C@@H]2CCCC[C@H]2N1. The van der Waals surface area contributed by atoms with Crippen molar-refractivity contribution in [2.75, 3.05) is 0 Å². The molecule has 1 aliphatic carbocycles. The van der Waals surface area contributed by atoms with E-state index >= 15 is 0 Å². The molecule has 2 fully saturated rings. The quantitative estimate of drug-likeness (QED) is 0.645. The number of nitrogens with one attached hydrogen (secondary N) is 1. The number of piperidine rings is 1. The van der Waals surface area contributed by atoms with E-state index in [2.05, 4.69) is 5.32 Å². The van der Waals surface area contributed by atoms with E-state index in [1.165, 1.54) is 25.7 Å². The highest BCUT2D eigenvalue weighted by molar-refractivity contribution is 5.73. The minimum Gasteiger partial charge on any atom is -0.480 e. The monoisotopic (exact) mass is 183 g/mol. The average molecular weight is 183 g/mol. The Hall–Kier alpha value is -0.570. The molecule has 0 aromatic carbocycles. The minimum atomic E-state index is -0.677. The molecule has 1 heterocycles. The van der Waals surface area contributed by atoms with Gasteiger partial charge in [-0.05, 0) is 31.6 Å². The normalized spacial score (nSPS) is 39.5. The van der Waals surface area contributed by atoms with Gasteiger partial charge in [0.25, 0.3) is 0 Å². The Balaban J connectivity index is 1.95. The van der Waals surface area contributed by atoms with Gasteiger partial charge < -0.3 is 10.4 Å². The van der Waals surface area contributed by atoms with Crippen molar-refractivity contribution in [2.45, 2.75) is 50.6 Å². The molecule has 2 rings (SSSR count). The van der Waals surface area contributed by atoms with Crippen LogP contribution in [0.15, 0.2) is 0 Å². The summed E-state index contributed by atoms with van der Waals surface area (Å²) in [6.07, 6.45) is 6.99. The van der Waals surface area contributed by atoms with Gasteiger partial charge in [-0.3, -0.25) is 4.79 Å². The third-order valence-corrected chi connectivity index (χ3v) is 3.45. The van der Waals surface area contributed by atoms with Crippen LogP contribution in [-0.2, 0) is 4.79 Å². The number of carboxylic acids is 1. The smallest absolute Gasteiger partial charge is 0.320 e. The molecule has 0 aromatic rings. The van der Waals surface area contributed by atoms with Crippen LogP contribution in [0, 0.1) is 5.92 Å². The fraction of sp³-hybridized carbons (Fsp3) is 0.900. The van der Waals surface area contributed by atoms with Gasteiger partial charge in [-0.2, -0.15) is 0 Å². The van der Waals surface area contributed by atoms with E-state index in [0.717, 1.165) is 18.8 Å². The van der Waals surface area contributed by atoms with E-state index in [1.54, 1.807) is 0 Å². The molecular formula is C10H17NO2. The Morgan fingerprint density at radius 1 is 1.15 bits per heavy atom. The topological polar surface area (TPSA) is 49.3 Å². The summed E-state index contributed by atoms with van der Waals surface area (Å²) in [5.41, 5.74) is 0. The molecule has 0 spiro atoms. The van der Waals surface area contributed by atoms with Crippen LogP contribution in [0.25, 0.3) is 0 Å². The van der Waals surface area contributed by atoms with Gasteiger partial charge in [0.05, 0.1) is 0 Å². The summed E-state index contributed by atoms with van der Waals surface area (Å²) >= 11 is 0. The first-order chi connectivity index (χ1) is 6.27. The van der Waals surface area contributed by atoms with Crippen LogP contribution in [0.3, 0.4) is 0 Å². The van der Waals surface area contributed by atoms with Crippen LogP contribution < -0.4 is 5.32 Å². The molecule has 1 aliphatic heterocycles. The molecule has 0 aromatic heterocycles. The van der Waals surface area contributed by atoms with Crippen molar-refractivity contribution < 1.29 is 9.90 Å². The molecule has 3 heteroatoms. The van der Waals surface area contributed by atoms with Gasteiger partial charge in [0.1, 0.15) is 6.04 Å². The van der Waals surface area contributed by atoms with Crippen molar-refractivity contribution in [1.82, 2.24) is 5.32 Å². The van der Waals surface area contributed by atoms with Crippen molar-refractivity contribution in [3.05, 3.63) is 0 Å². The molecule has 74 valence electrons. The van der Waals surface area contributed by atoms with Crippen molar-refractivity contribution in [2.24, 2.45) is 5.92 Å². The standard InChI is InChI=1S/C10H17NO2/c12-10(13)9-6-5-7-3-1-2-4-8(7)11-9/h7-9,11H,1-6H2,(H,12,13)/t7-,8+,9+/m0/s1. The van der Waals surface area contributed by atoms with Gasteiger partial charge in [-0.25, -0.2) is 0 Å². The summed E-state index contributed by atoms with van der Waals surface area (Å²) in [6.45, 7) is 0. The van der Waals surface area contributed by atoms with Crippen LogP contribution in [0.2, 0.25) is 0 Å². The van der Waals surface area contributed by atoms with Crippen LogP contribution in [-0.4, -0.2) is 23.2 Å². The zero-order valence-electron chi connectivity index (χ0n) is 7.83. The molecule has 3 atom stereocenters. The first-order valence-corrected chi connectivity index (χ1v) is 5.26. The number of hydrogen-bond acceptors (Lipinski definition) is 2. The second kappa shape index (κ2) is 3.66. The predicted molar refractivity (Wildman–Crippen MR) is 49.5 cm³/mol. The van der Waals surface area contributed by atoms with E-state index in [0.29, 0.717) is 6.04 Å². The lowest BCUT2D eigenvalue weighted by atomic mass is 9.78. The largest absolute Gasteiger partial charge is 0.480 e. The Bertz CT molecular complexity index is 205. The summed E-state index contributed by atoms with van der Waals surface area (Å²) in [4.78, 5) is 10.8. The van der Waals surface area contributed by atoms with Crippen molar-refractivity contribution in [1.29, 1.82) is 0 Å². The molecule has 0 bridgehead atoms. The van der Waals surface area contributed by atoms with E-state index in [-0.39, 0.29) is 6.04 Å². The number of carbonyl (C=O) groups is 1. The van der Waals surface area contributed by atoms with Gasteiger partial charge in [0.15, 0.2) is 0 Å². The van der Waals surface area contributed by atoms with Crippen LogP contribution in [0.4, 0.5) is 0 Å². The van der Waals surface area contributed by atoms with Crippen molar-refractivity contribution in [3.8, 4) is 0 Å². The third-order valence-electron chi connectivity index (χ3n) is 3.45. The number of carboxylic acid groups (broad SMARTS) is 1. The fourth-order valence-corrected chi connectivity index (χ4v) is 2.69. The lowest BCUT2D eigenvalue weighted by Gasteiger charge is -2.39. The zero-order valence-corrected chi connectivity index (χ0v) is 7.83. The predicted octanol–water partition coefficient (Wildman–Crippen LogP) is 1.38. The number of rotatable bonds is 1. The molecule has 2 N–H and O–H groups in total. The Morgan fingerprint density at radius 2 is 1.92 bits per heavy atom. The number of aliphatic carboxylic acids is 1. The third kappa shape index (κ3) is 1.85. The maximum Gasteiger partial charge on any atom is 0.320 e. The highest BCUT2D eigenvalue weighted by Crippen LogP contribution is 2.32. The lowest BCUT2D eigenvalue weighted by molar-refractivity contribution is -0.141. The highest BCUT2D eigenvalue weighted by atomic mass is 16.4. The summed E-state index contributed by atoms with van der Waals surface area (Å²) in [5.74, 6) is 0.0772. The molecule has 1 saturated carbocycles. The van der Waals surface area contributed by atoms with E-state index in [4.69, 9.17) is 5.11 Å². The molecule has 1 saturated heterocycles. The van der Waals surface area contributed by atoms with Gasteiger partial charge in [-0.1, -0.05) is 12.8 Å². The number of fused-ring (bicyclic) bond motifs is 1. The van der Waals surface area contributed by atoms with Gasteiger partial charge >= 0.3 is 5.97 Å². The second-order valence-corrected chi connectivity index (χ2v) is 4.29. The van der Waals surface area contributed by atoms with Gasteiger partial charge in [0, 0.05) is 6.04 Å². The highest BCUT2D eigenvalue weighted by Gasteiger charge is 2.34. The Kier molecular flexibility index (Phi) is 2.54.